The first-order valence-electron chi connectivity index (χ1n) is 6.69. The standard InChI is InChI=1S/C16H14ClF3N2S/c1-9-3-6-14(10(2)7-9)22-15(23)21-11-4-5-13(17)12(8-11)16(18,19)20/h3-8H,1-2H3,(H2,21,22,23). The number of aryl methyl sites for hydroxylation is 2. The van der Waals surface area contributed by atoms with Crippen molar-refractivity contribution in [3.8, 4) is 0 Å². The molecule has 2 nitrogen and oxygen atoms in total. The van der Waals surface area contributed by atoms with Crippen LogP contribution in [0.5, 0.6) is 0 Å². The Morgan fingerprint density at radius 2 is 1.74 bits per heavy atom. The number of alkyl halides is 3. The maximum atomic E-state index is 12.8. The van der Waals surface area contributed by atoms with Crippen LogP contribution in [-0.4, -0.2) is 5.11 Å². The van der Waals surface area contributed by atoms with E-state index in [1.807, 2.05) is 32.0 Å². The van der Waals surface area contributed by atoms with Gasteiger partial charge in [-0.05, 0) is 55.9 Å². The maximum Gasteiger partial charge on any atom is 0.417 e. The first kappa shape index (κ1) is 17.6. The minimum Gasteiger partial charge on any atom is -0.332 e. The molecule has 2 aromatic rings. The lowest BCUT2D eigenvalue weighted by Gasteiger charge is -2.15. The number of halogens is 4. The molecule has 0 spiro atoms. The van der Waals surface area contributed by atoms with Crippen LogP contribution in [0.25, 0.3) is 0 Å². The molecule has 0 fully saturated rings. The summed E-state index contributed by atoms with van der Waals surface area (Å²) >= 11 is 10.7. The van der Waals surface area contributed by atoms with Crippen LogP contribution in [0.4, 0.5) is 24.5 Å². The lowest BCUT2D eigenvalue weighted by molar-refractivity contribution is -0.137. The third-order valence-corrected chi connectivity index (χ3v) is 3.69. The summed E-state index contributed by atoms with van der Waals surface area (Å²) in [6.45, 7) is 3.89. The molecule has 2 aromatic carbocycles. The summed E-state index contributed by atoms with van der Waals surface area (Å²) in [7, 11) is 0. The number of nitrogens with one attached hydrogen (secondary N) is 2. The number of thiocarbonyl (C=S) groups is 1. The van der Waals surface area contributed by atoms with Gasteiger partial charge in [0, 0.05) is 11.4 Å². The van der Waals surface area contributed by atoms with Crippen LogP contribution in [0, 0.1) is 13.8 Å². The van der Waals surface area contributed by atoms with E-state index in [1.165, 1.54) is 12.1 Å². The van der Waals surface area contributed by atoms with Crippen molar-refractivity contribution in [2.45, 2.75) is 20.0 Å². The first-order valence-corrected chi connectivity index (χ1v) is 7.47. The fraction of sp³-hybridized carbons (Fsp3) is 0.188. The number of rotatable bonds is 2. The van der Waals surface area contributed by atoms with Gasteiger partial charge in [-0.15, -0.1) is 0 Å². The summed E-state index contributed by atoms with van der Waals surface area (Å²) in [5.41, 5.74) is 2.20. The average Bonchev–Trinajstić information content (AvgIpc) is 2.43. The summed E-state index contributed by atoms with van der Waals surface area (Å²) in [5.74, 6) is 0. The zero-order valence-electron chi connectivity index (χ0n) is 12.4. The van der Waals surface area contributed by atoms with Gasteiger partial charge in [0.15, 0.2) is 5.11 Å². The van der Waals surface area contributed by atoms with Gasteiger partial charge >= 0.3 is 6.18 Å². The van der Waals surface area contributed by atoms with Crippen LogP contribution in [0.3, 0.4) is 0 Å². The summed E-state index contributed by atoms with van der Waals surface area (Å²) in [4.78, 5) is 0. The third-order valence-electron chi connectivity index (χ3n) is 3.16. The Morgan fingerprint density at radius 1 is 1.04 bits per heavy atom. The van der Waals surface area contributed by atoms with E-state index in [2.05, 4.69) is 10.6 Å². The second-order valence-corrected chi connectivity index (χ2v) is 5.91. The van der Waals surface area contributed by atoms with Crippen molar-refractivity contribution in [3.05, 3.63) is 58.1 Å². The van der Waals surface area contributed by atoms with Gasteiger partial charge in [0.25, 0.3) is 0 Å². The Hall–Kier alpha value is -1.79. The van der Waals surface area contributed by atoms with Gasteiger partial charge in [0.05, 0.1) is 10.6 Å². The van der Waals surface area contributed by atoms with E-state index in [9.17, 15) is 13.2 Å². The summed E-state index contributed by atoms with van der Waals surface area (Å²) in [6, 6.07) is 9.32. The number of hydrogen-bond acceptors (Lipinski definition) is 1. The molecule has 0 radical (unpaired) electrons. The minimum absolute atomic E-state index is 0.201. The van der Waals surface area contributed by atoms with Crippen molar-refractivity contribution in [2.75, 3.05) is 10.6 Å². The van der Waals surface area contributed by atoms with Crippen molar-refractivity contribution in [3.63, 3.8) is 0 Å². The predicted octanol–water partition coefficient (Wildman–Crippen LogP) is 5.78. The van der Waals surface area contributed by atoms with E-state index in [-0.39, 0.29) is 15.8 Å². The number of anilines is 2. The van der Waals surface area contributed by atoms with Gasteiger partial charge in [0.1, 0.15) is 0 Å². The fourth-order valence-corrected chi connectivity index (χ4v) is 2.51. The first-order chi connectivity index (χ1) is 10.7. The molecule has 23 heavy (non-hydrogen) atoms. The van der Waals surface area contributed by atoms with Crippen molar-refractivity contribution >= 4 is 40.3 Å². The summed E-state index contributed by atoms with van der Waals surface area (Å²) < 4.78 is 38.5. The second kappa shape index (κ2) is 6.76. The van der Waals surface area contributed by atoms with Crippen molar-refractivity contribution < 1.29 is 13.2 Å². The largest absolute Gasteiger partial charge is 0.417 e. The predicted molar refractivity (Wildman–Crippen MR) is 92.2 cm³/mol. The van der Waals surface area contributed by atoms with Gasteiger partial charge in [0.2, 0.25) is 0 Å². The van der Waals surface area contributed by atoms with Crippen LogP contribution in [0.15, 0.2) is 36.4 Å². The fourth-order valence-electron chi connectivity index (χ4n) is 2.06. The molecule has 0 atom stereocenters. The van der Waals surface area contributed by atoms with E-state index >= 15 is 0 Å². The van der Waals surface area contributed by atoms with E-state index in [1.54, 1.807) is 0 Å². The zero-order valence-corrected chi connectivity index (χ0v) is 14.0. The average molecular weight is 359 g/mol. The topological polar surface area (TPSA) is 24.1 Å². The molecule has 0 aliphatic heterocycles. The highest BCUT2D eigenvalue weighted by Gasteiger charge is 2.33. The molecule has 0 amide bonds. The second-order valence-electron chi connectivity index (χ2n) is 5.09. The molecule has 7 heteroatoms. The van der Waals surface area contributed by atoms with Crippen LogP contribution >= 0.6 is 23.8 Å². The zero-order chi connectivity index (χ0) is 17.2. The molecule has 2 rings (SSSR count). The smallest absolute Gasteiger partial charge is 0.332 e. The van der Waals surface area contributed by atoms with Gasteiger partial charge < -0.3 is 10.6 Å². The molecular formula is C16H14ClF3N2S. The van der Waals surface area contributed by atoms with Crippen LogP contribution in [0.2, 0.25) is 5.02 Å². The highest BCUT2D eigenvalue weighted by atomic mass is 35.5. The van der Waals surface area contributed by atoms with Crippen molar-refractivity contribution in [1.29, 1.82) is 0 Å². The summed E-state index contributed by atoms with van der Waals surface area (Å²) in [5, 5.41) is 5.55. The van der Waals surface area contributed by atoms with Gasteiger partial charge in [-0.25, -0.2) is 0 Å². The highest BCUT2D eigenvalue weighted by molar-refractivity contribution is 7.80. The molecule has 2 N–H and O–H groups in total. The molecule has 0 saturated carbocycles. The lowest BCUT2D eigenvalue weighted by Crippen LogP contribution is -2.20. The Bertz CT molecular complexity index is 745. The lowest BCUT2D eigenvalue weighted by atomic mass is 10.1. The Morgan fingerprint density at radius 3 is 2.35 bits per heavy atom. The molecule has 0 unspecified atom stereocenters. The normalized spacial score (nSPS) is 11.2. The van der Waals surface area contributed by atoms with Gasteiger partial charge in [-0.1, -0.05) is 29.3 Å². The molecule has 0 aliphatic carbocycles. The van der Waals surface area contributed by atoms with E-state index in [4.69, 9.17) is 23.8 Å². The van der Waals surface area contributed by atoms with Crippen molar-refractivity contribution in [1.82, 2.24) is 0 Å². The molecular weight excluding hydrogens is 345 g/mol. The van der Waals surface area contributed by atoms with E-state index in [0.717, 1.165) is 22.9 Å². The van der Waals surface area contributed by atoms with Crippen LogP contribution < -0.4 is 10.6 Å². The Kier molecular flexibility index (Phi) is 5.16. The SMILES string of the molecule is Cc1ccc(NC(=S)Nc2ccc(Cl)c(C(F)(F)F)c2)c(C)c1. The van der Waals surface area contributed by atoms with E-state index < -0.39 is 11.7 Å². The minimum atomic E-state index is -4.52. The Labute approximate surface area is 142 Å². The van der Waals surface area contributed by atoms with E-state index in [0.29, 0.717) is 0 Å². The highest BCUT2D eigenvalue weighted by Crippen LogP contribution is 2.36. The molecule has 0 bridgehead atoms. The monoisotopic (exact) mass is 358 g/mol. The number of benzene rings is 2. The summed E-state index contributed by atoms with van der Waals surface area (Å²) in [6.07, 6.45) is -4.52. The maximum absolute atomic E-state index is 12.8. The molecule has 0 aliphatic rings. The third kappa shape index (κ3) is 4.59. The van der Waals surface area contributed by atoms with Crippen molar-refractivity contribution in [2.24, 2.45) is 0 Å². The molecule has 0 saturated heterocycles. The molecule has 0 heterocycles. The number of hydrogen-bond donors (Lipinski definition) is 2. The Balaban J connectivity index is 2.14. The quantitative estimate of drug-likeness (QED) is 0.665. The molecule has 0 aromatic heterocycles. The van der Waals surface area contributed by atoms with Gasteiger partial charge in [-0.2, -0.15) is 13.2 Å². The van der Waals surface area contributed by atoms with Crippen LogP contribution in [0.1, 0.15) is 16.7 Å². The van der Waals surface area contributed by atoms with Crippen LogP contribution in [-0.2, 0) is 6.18 Å². The van der Waals surface area contributed by atoms with Gasteiger partial charge in [-0.3, -0.25) is 0 Å². The molecule has 122 valence electrons.